The van der Waals surface area contributed by atoms with Crippen molar-refractivity contribution >= 4 is 0 Å². The van der Waals surface area contributed by atoms with Crippen LogP contribution in [-0.2, 0) is 0 Å². The van der Waals surface area contributed by atoms with E-state index in [1.807, 2.05) is 6.92 Å². The van der Waals surface area contributed by atoms with Crippen molar-refractivity contribution in [2.45, 2.75) is 52.0 Å². The summed E-state index contributed by atoms with van der Waals surface area (Å²) in [5.74, 6) is 5.78. The number of nitrogens with two attached hydrogens (primary N) is 1. The molecule has 0 aliphatic rings. The molecular weight excluding hydrogens is 134 g/mol. The molecule has 1 heteroatoms. The van der Waals surface area contributed by atoms with Crippen LogP contribution in [0.1, 0.15) is 46.0 Å². The first-order valence-corrected chi connectivity index (χ1v) is 4.49. The highest BCUT2D eigenvalue weighted by atomic mass is 14.6. The van der Waals surface area contributed by atoms with Crippen LogP contribution in [0.4, 0.5) is 0 Å². The number of rotatable bonds is 5. The molecule has 0 rings (SSSR count). The van der Waals surface area contributed by atoms with Crippen LogP contribution < -0.4 is 5.73 Å². The maximum Gasteiger partial charge on any atom is 0.0664 e. The SMILES string of the molecule is CC#CC(N)CCCCCC. The van der Waals surface area contributed by atoms with Gasteiger partial charge in [0.05, 0.1) is 6.04 Å². The van der Waals surface area contributed by atoms with Gasteiger partial charge in [-0.3, -0.25) is 0 Å². The first kappa shape index (κ1) is 10.5. The summed E-state index contributed by atoms with van der Waals surface area (Å²) >= 11 is 0. The summed E-state index contributed by atoms with van der Waals surface area (Å²) in [4.78, 5) is 0. The van der Waals surface area contributed by atoms with Gasteiger partial charge in [0.25, 0.3) is 0 Å². The molecule has 0 fully saturated rings. The van der Waals surface area contributed by atoms with Gasteiger partial charge >= 0.3 is 0 Å². The van der Waals surface area contributed by atoms with Crippen molar-refractivity contribution in [3.63, 3.8) is 0 Å². The Bertz CT molecular complexity index is 130. The summed E-state index contributed by atoms with van der Waals surface area (Å²) in [5, 5.41) is 0. The van der Waals surface area contributed by atoms with Gasteiger partial charge in [0.1, 0.15) is 0 Å². The van der Waals surface area contributed by atoms with Gasteiger partial charge in [-0.2, -0.15) is 0 Å². The van der Waals surface area contributed by atoms with E-state index in [-0.39, 0.29) is 6.04 Å². The second kappa shape index (κ2) is 7.63. The molecule has 0 aliphatic heterocycles. The molecule has 0 aromatic carbocycles. The molecule has 1 nitrogen and oxygen atoms in total. The summed E-state index contributed by atoms with van der Waals surface area (Å²) in [6.07, 6.45) is 6.20. The lowest BCUT2D eigenvalue weighted by molar-refractivity contribution is 0.607. The van der Waals surface area contributed by atoms with Crippen LogP contribution in [0.2, 0.25) is 0 Å². The van der Waals surface area contributed by atoms with Crippen molar-refractivity contribution in [1.82, 2.24) is 0 Å². The summed E-state index contributed by atoms with van der Waals surface area (Å²) in [6.45, 7) is 4.05. The largest absolute Gasteiger partial charge is 0.318 e. The van der Waals surface area contributed by atoms with Crippen molar-refractivity contribution in [3.8, 4) is 11.8 Å². The molecule has 1 atom stereocenters. The van der Waals surface area contributed by atoms with Crippen LogP contribution in [-0.4, -0.2) is 6.04 Å². The van der Waals surface area contributed by atoms with E-state index >= 15 is 0 Å². The van der Waals surface area contributed by atoms with E-state index in [4.69, 9.17) is 5.73 Å². The quantitative estimate of drug-likeness (QED) is 0.476. The second-order valence-electron chi connectivity index (χ2n) is 2.85. The van der Waals surface area contributed by atoms with Crippen LogP contribution in [0, 0.1) is 11.8 Å². The van der Waals surface area contributed by atoms with E-state index in [9.17, 15) is 0 Å². The molecule has 0 heterocycles. The zero-order valence-electron chi connectivity index (χ0n) is 7.69. The normalized spacial score (nSPS) is 11.9. The van der Waals surface area contributed by atoms with Gasteiger partial charge in [-0.15, -0.1) is 5.92 Å². The molecule has 2 N–H and O–H groups in total. The maximum absolute atomic E-state index is 5.69. The monoisotopic (exact) mass is 153 g/mol. The van der Waals surface area contributed by atoms with E-state index < -0.39 is 0 Å². The molecule has 0 bridgehead atoms. The van der Waals surface area contributed by atoms with Gasteiger partial charge < -0.3 is 5.73 Å². The van der Waals surface area contributed by atoms with Crippen molar-refractivity contribution in [2.75, 3.05) is 0 Å². The first-order chi connectivity index (χ1) is 5.31. The third-order valence-corrected chi connectivity index (χ3v) is 1.70. The molecule has 64 valence electrons. The molecular formula is C10H19N. The minimum absolute atomic E-state index is 0.108. The average Bonchev–Trinajstić information content (AvgIpc) is 1.99. The lowest BCUT2D eigenvalue weighted by Gasteiger charge is -2.02. The smallest absolute Gasteiger partial charge is 0.0664 e. The highest BCUT2D eigenvalue weighted by molar-refractivity contribution is 5.03. The van der Waals surface area contributed by atoms with Crippen molar-refractivity contribution in [2.24, 2.45) is 5.73 Å². The summed E-state index contributed by atoms with van der Waals surface area (Å²) in [6, 6.07) is 0.108. The number of unbranched alkanes of at least 4 members (excludes halogenated alkanes) is 3. The zero-order valence-corrected chi connectivity index (χ0v) is 7.69. The summed E-state index contributed by atoms with van der Waals surface area (Å²) in [5.41, 5.74) is 5.69. The predicted octanol–water partition coefficient (Wildman–Crippen LogP) is 2.31. The van der Waals surface area contributed by atoms with Crippen LogP contribution >= 0.6 is 0 Å². The summed E-state index contributed by atoms with van der Waals surface area (Å²) < 4.78 is 0. The van der Waals surface area contributed by atoms with Crippen molar-refractivity contribution in [1.29, 1.82) is 0 Å². The summed E-state index contributed by atoms with van der Waals surface area (Å²) in [7, 11) is 0. The highest BCUT2D eigenvalue weighted by Crippen LogP contribution is 2.03. The highest BCUT2D eigenvalue weighted by Gasteiger charge is 1.95. The predicted molar refractivity (Wildman–Crippen MR) is 50.2 cm³/mol. The van der Waals surface area contributed by atoms with E-state index in [1.54, 1.807) is 0 Å². The topological polar surface area (TPSA) is 26.0 Å². The van der Waals surface area contributed by atoms with Gasteiger partial charge in [-0.05, 0) is 13.3 Å². The molecule has 0 aromatic heterocycles. The Morgan fingerprint density at radius 1 is 1.27 bits per heavy atom. The lowest BCUT2D eigenvalue weighted by atomic mass is 10.1. The Labute approximate surface area is 70.4 Å². The molecule has 11 heavy (non-hydrogen) atoms. The van der Waals surface area contributed by atoms with Gasteiger partial charge in [-0.1, -0.05) is 38.5 Å². The third-order valence-electron chi connectivity index (χ3n) is 1.70. The second-order valence-corrected chi connectivity index (χ2v) is 2.85. The Kier molecular flexibility index (Phi) is 7.29. The van der Waals surface area contributed by atoms with E-state index in [0.717, 1.165) is 6.42 Å². The lowest BCUT2D eigenvalue weighted by Crippen LogP contribution is -2.16. The Balaban J connectivity index is 3.15. The molecule has 0 aromatic rings. The standard InChI is InChI=1S/C10H19N/c1-3-5-6-7-9-10(11)8-4-2/h10H,3,5-7,9,11H2,1-2H3. The molecule has 0 saturated carbocycles. The maximum atomic E-state index is 5.69. The molecule has 0 amide bonds. The fraction of sp³-hybridized carbons (Fsp3) is 0.800. The average molecular weight is 153 g/mol. The van der Waals surface area contributed by atoms with Gasteiger partial charge in [0, 0.05) is 0 Å². The van der Waals surface area contributed by atoms with E-state index in [2.05, 4.69) is 18.8 Å². The fourth-order valence-corrected chi connectivity index (χ4v) is 1.05. The molecule has 0 spiro atoms. The van der Waals surface area contributed by atoms with Crippen LogP contribution in [0.25, 0.3) is 0 Å². The van der Waals surface area contributed by atoms with E-state index in [1.165, 1.54) is 25.7 Å². The van der Waals surface area contributed by atoms with Crippen molar-refractivity contribution in [3.05, 3.63) is 0 Å². The van der Waals surface area contributed by atoms with Gasteiger partial charge in [0.15, 0.2) is 0 Å². The Hall–Kier alpha value is -0.480. The number of hydrogen-bond acceptors (Lipinski definition) is 1. The van der Waals surface area contributed by atoms with Crippen LogP contribution in [0.5, 0.6) is 0 Å². The minimum Gasteiger partial charge on any atom is -0.318 e. The Morgan fingerprint density at radius 2 is 2.00 bits per heavy atom. The third kappa shape index (κ3) is 7.42. The number of hydrogen-bond donors (Lipinski definition) is 1. The zero-order chi connectivity index (χ0) is 8.53. The Morgan fingerprint density at radius 3 is 2.55 bits per heavy atom. The first-order valence-electron chi connectivity index (χ1n) is 4.49. The van der Waals surface area contributed by atoms with Gasteiger partial charge in [0.2, 0.25) is 0 Å². The fourth-order valence-electron chi connectivity index (χ4n) is 1.05. The van der Waals surface area contributed by atoms with Crippen LogP contribution in [0.15, 0.2) is 0 Å². The molecule has 0 saturated heterocycles. The van der Waals surface area contributed by atoms with Gasteiger partial charge in [-0.25, -0.2) is 0 Å². The van der Waals surface area contributed by atoms with Crippen molar-refractivity contribution < 1.29 is 0 Å². The molecule has 1 unspecified atom stereocenters. The van der Waals surface area contributed by atoms with Crippen LogP contribution in [0.3, 0.4) is 0 Å². The molecule has 0 aliphatic carbocycles. The molecule has 0 radical (unpaired) electrons. The minimum atomic E-state index is 0.108. The van der Waals surface area contributed by atoms with E-state index in [0.29, 0.717) is 0 Å².